The zero-order valence-electron chi connectivity index (χ0n) is 11.1. The quantitative estimate of drug-likeness (QED) is 0.363. The van der Waals surface area contributed by atoms with Crippen molar-refractivity contribution in [3.8, 4) is 0 Å². The Morgan fingerprint density at radius 3 is 2.60 bits per heavy atom. The molecule has 0 N–H and O–H groups in total. The lowest BCUT2D eigenvalue weighted by Gasteiger charge is -2.32. The van der Waals surface area contributed by atoms with Gasteiger partial charge in [0.1, 0.15) is 11.7 Å². The molecule has 0 radical (unpaired) electrons. The average Bonchev–Trinajstić information content (AvgIpc) is 2.48. The van der Waals surface area contributed by atoms with E-state index < -0.39 is 17.4 Å². The Labute approximate surface area is 115 Å². The van der Waals surface area contributed by atoms with Gasteiger partial charge in [0.2, 0.25) is 5.54 Å². The SMILES string of the molecule is COC(=O)C1CC(c2ccccc2)([N+](=O)[O-])CCC1=O. The first-order chi connectivity index (χ1) is 9.51. The number of benzene rings is 1. The number of methoxy groups -OCH3 is 1. The van der Waals surface area contributed by atoms with Gasteiger partial charge in [0, 0.05) is 29.7 Å². The Balaban J connectivity index is 2.42. The molecule has 0 aliphatic heterocycles. The third-order valence-corrected chi connectivity index (χ3v) is 3.86. The van der Waals surface area contributed by atoms with Crippen LogP contribution in [0.3, 0.4) is 0 Å². The maximum atomic E-state index is 11.8. The van der Waals surface area contributed by atoms with Crippen molar-refractivity contribution < 1.29 is 19.2 Å². The van der Waals surface area contributed by atoms with E-state index in [0.29, 0.717) is 5.56 Å². The number of nitrogens with zero attached hydrogens (tertiary/aromatic N) is 1. The smallest absolute Gasteiger partial charge is 0.316 e. The number of hydrogen-bond donors (Lipinski definition) is 0. The minimum Gasteiger partial charge on any atom is -0.468 e. The van der Waals surface area contributed by atoms with Crippen LogP contribution in [-0.4, -0.2) is 23.8 Å². The molecule has 6 heteroatoms. The van der Waals surface area contributed by atoms with Crippen molar-refractivity contribution in [3.63, 3.8) is 0 Å². The van der Waals surface area contributed by atoms with Gasteiger partial charge in [-0.15, -0.1) is 0 Å². The highest BCUT2D eigenvalue weighted by Crippen LogP contribution is 2.41. The fraction of sp³-hybridized carbons (Fsp3) is 0.429. The molecule has 20 heavy (non-hydrogen) atoms. The number of hydrogen-bond acceptors (Lipinski definition) is 5. The van der Waals surface area contributed by atoms with E-state index in [1.54, 1.807) is 30.3 Å². The standard InChI is InChI=1S/C14H15NO5/c1-20-13(17)11-9-14(15(18)19,8-7-12(11)16)10-5-3-2-4-6-10/h2-6,11H,7-9H2,1H3. The highest BCUT2D eigenvalue weighted by Gasteiger charge is 2.53. The summed E-state index contributed by atoms with van der Waals surface area (Å²) in [5, 5.41) is 11.6. The number of Topliss-reactive ketones (excluding diaryl/α,β-unsaturated/α-hetero) is 1. The normalized spacial score (nSPS) is 26.1. The molecule has 6 nitrogen and oxygen atoms in total. The number of esters is 1. The second kappa shape index (κ2) is 5.40. The van der Waals surface area contributed by atoms with Gasteiger partial charge >= 0.3 is 5.97 Å². The Kier molecular flexibility index (Phi) is 3.83. The summed E-state index contributed by atoms with van der Waals surface area (Å²) in [6.07, 6.45) is -0.0263. The molecule has 1 aliphatic carbocycles. The van der Waals surface area contributed by atoms with Crippen LogP contribution >= 0.6 is 0 Å². The first-order valence-electron chi connectivity index (χ1n) is 6.32. The van der Waals surface area contributed by atoms with E-state index in [0.717, 1.165) is 0 Å². The number of ketones is 1. The predicted molar refractivity (Wildman–Crippen MR) is 69.5 cm³/mol. The Morgan fingerprint density at radius 2 is 2.05 bits per heavy atom. The molecular formula is C14H15NO5. The van der Waals surface area contributed by atoms with Crippen molar-refractivity contribution in [2.24, 2.45) is 5.92 Å². The van der Waals surface area contributed by atoms with Crippen LogP contribution in [0.15, 0.2) is 30.3 Å². The lowest BCUT2D eigenvalue weighted by molar-refractivity contribution is -0.584. The maximum absolute atomic E-state index is 11.8. The van der Waals surface area contributed by atoms with Gasteiger partial charge in [-0.25, -0.2) is 0 Å². The lowest BCUT2D eigenvalue weighted by Crippen LogP contribution is -2.46. The highest BCUT2D eigenvalue weighted by molar-refractivity contribution is 5.99. The number of nitro groups is 1. The molecule has 1 saturated carbocycles. The monoisotopic (exact) mass is 277 g/mol. The molecule has 1 aliphatic rings. The zero-order valence-corrected chi connectivity index (χ0v) is 11.1. The lowest BCUT2D eigenvalue weighted by atomic mass is 9.71. The molecule has 1 aromatic rings. The first kappa shape index (κ1) is 14.2. The Morgan fingerprint density at radius 1 is 1.40 bits per heavy atom. The second-order valence-corrected chi connectivity index (χ2v) is 4.90. The van der Waals surface area contributed by atoms with E-state index in [4.69, 9.17) is 0 Å². The molecule has 1 fully saturated rings. The minimum atomic E-state index is -1.39. The molecule has 2 unspecified atom stereocenters. The fourth-order valence-electron chi connectivity index (χ4n) is 2.70. The van der Waals surface area contributed by atoms with Gasteiger partial charge in [0.05, 0.1) is 7.11 Å². The first-order valence-corrected chi connectivity index (χ1v) is 6.32. The van der Waals surface area contributed by atoms with Gasteiger partial charge in [0.25, 0.3) is 0 Å². The van der Waals surface area contributed by atoms with Gasteiger partial charge < -0.3 is 4.74 Å². The largest absolute Gasteiger partial charge is 0.468 e. The van der Waals surface area contributed by atoms with Gasteiger partial charge in [-0.2, -0.15) is 0 Å². The molecular weight excluding hydrogens is 262 g/mol. The summed E-state index contributed by atoms with van der Waals surface area (Å²) >= 11 is 0. The molecule has 2 rings (SSSR count). The molecule has 106 valence electrons. The van der Waals surface area contributed by atoms with Crippen LogP contribution in [0, 0.1) is 16.0 Å². The summed E-state index contributed by atoms with van der Waals surface area (Å²) in [6, 6.07) is 8.51. The van der Waals surface area contributed by atoms with E-state index in [-0.39, 0.29) is 30.0 Å². The van der Waals surface area contributed by atoms with E-state index in [9.17, 15) is 19.7 Å². The molecule has 0 spiro atoms. The summed E-state index contributed by atoms with van der Waals surface area (Å²) in [5.74, 6) is -2.04. The van der Waals surface area contributed by atoms with Crippen molar-refractivity contribution in [2.45, 2.75) is 24.8 Å². The summed E-state index contributed by atoms with van der Waals surface area (Å²) in [6.45, 7) is 0. The van der Waals surface area contributed by atoms with Crippen LogP contribution in [-0.2, 0) is 19.9 Å². The van der Waals surface area contributed by atoms with Crippen LogP contribution < -0.4 is 0 Å². The third kappa shape index (κ3) is 2.29. The van der Waals surface area contributed by atoms with E-state index in [1.165, 1.54) is 7.11 Å². The average molecular weight is 277 g/mol. The van der Waals surface area contributed by atoms with Gasteiger partial charge in [-0.05, 0) is 0 Å². The minimum absolute atomic E-state index is 0.00956. The molecule has 0 aromatic heterocycles. The number of rotatable bonds is 3. The number of carbonyl (C=O) groups excluding carboxylic acids is 2. The maximum Gasteiger partial charge on any atom is 0.316 e. The summed E-state index contributed by atoms with van der Waals surface area (Å²) in [5.41, 5.74) is -0.875. The van der Waals surface area contributed by atoms with Gasteiger partial charge in [-0.1, -0.05) is 30.3 Å². The molecule has 1 aromatic carbocycles. The zero-order chi connectivity index (χ0) is 14.8. The molecule has 2 atom stereocenters. The summed E-state index contributed by atoms with van der Waals surface area (Å²) in [4.78, 5) is 34.7. The third-order valence-electron chi connectivity index (χ3n) is 3.86. The van der Waals surface area contributed by atoms with Crippen molar-refractivity contribution in [2.75, 3.05) is 7.11 Å². The molecule has 0 heterocycles. The summed E-state index contributed by atoms with van der Waals surface area (Å²) < 4.78 is 4.59. The van der Waals surface area contributed by atoms with Crippen LogP contribution in [0.5, 0.6) is 0 Å². The van der Waals surface area contributed by atoms with Crippen molar-refractivity contribution >= 4 is 11.8 Å². The molecule has 0 saturated heterocycles. The van der Waals surface area contributed by atoms with Crippen molar-refractivity contribution in [1.29, 1.82) is 0 Å². The topological polar surface area (TPSA) is 86.5 Å². The molecule has 0 bridgehead atoms. The van der Waals surface area contributed by atoms with Crippen molar-refractivity contribution in [3.05, 3.63) is 46.0 Å². The fourth-order valence-corrected chi connectivity index (χ4v) is 2.70. The van der Waals surface area contributed by atoms with Gasteiger partial charge in [-0.3, -0.25) is 19.7 Å². The Hall–Kier alpha value is -2.24. The van der Waals surface area contributed by atoms with Gasteiger partial charge in [0.15, 0.2) is 0 Å². The Bertz CT molecular complexity index is 534. The number of ether oxygens (including phenoxy) is 1. The molecule has 0 amide bonds. The van der Waals surface area contributed by atoms with E-state index in [2.05, 4.69) is 4.74 Å². The van der Waals surface area contributed by atoms with Crippen LogP contribution in [0.2, 0.25) is 0 Å². The van der Waals surface area contributed by atoms with E-state index >= 15 is 0 Å². The predicted octanol–water partition coefficient (Wildman–Crippen LogP) is 1.70. The van der Waals surface area contributed by atoms with Crippen LogP contribution in [0.1, 0.15) is 24.8 Å². The van der Waals surface area contributed by atoms with Crippen molar-refractivity contribution in [1.82, 2.24) is 0 Å². The summed E-state index contributed by atoms with van der Waals surface area (Å²) in [7, 11) is 1.18. The van der Waals surface area contributed by atoms with Crippen LogP contribution in [0.25, 0.3) is 0 Å². The van der Waals surface area contributed by atoms with E-state index in [1.807, 2.05) is 0 Å². The number of carbonyl (C=O) groups is 2. The van der Waals surface area contributed by atoms with Crippen LogP contribution in [0.4, 0.5) is 0 Å². The highest BCUT2D eigenvalue weighted by atomic mass is 16.6. The second-order valence-electron chi connectivity index (χ2n) is 4.90.